The Morgan fingerprint density at radius 3 is 2.52 bits per heavy atom. The van der Waals surface area contributed by atoms with Crippen LogP contribution < -0.4 is 5.32 Å². The maximum atomic E-state index is 13.0. The number of nitrogens with one attached hydrogen (secondary N) is 1. The zero-order valence-electron chi connectivity index (χ0n) is 16.3. The van der Waals surface area contributed by atoms with E-state index in [1.807, 2.05) is 31.2 Å². The fourth-order valence-corrected chi connectivity index (χ4v) is 3.46. The summed E-state index contributed by atoms with van der Waals surface area (Å²) in [5.74, 6) is 0.751. The number of aryl methyl sites for hydroxylation is 1. The summed E-state index contributed by atoms with van der Waals surface area (Å²) in [5, 5.41) is 6.98. The highest BCUT2D eigenvalue weighted by molar-refractivity contribution is 5.92. The van der Waals surface area contributed by atoms with Crippen molar-refractivity contribution < 1.29 is 13.7 Å². The second-order valence-corrected chi connectivity index (χ2v) is 7.42. The van der Waals surface area contributed by atoms with Crippen LogP contribution >= 0.6 is 0 Å². The van der Waals surface area contributed by atoms with Crippen LogP contribution in [0.5, 0.6) is 0 Å². The van der Waals surface area contributed by atoms with E-state index in [0.717, 1.165) is 31.6 Å². The maximum Gasteiger partial charge on any atom is 0.241 e. The number of nitrogens with zero attached hydrogens (tertiary/aromatic N) is 3. The second-order valence-electron chi connectivity index (χ2n) is 7.42. The molecule has 1 fully saturated rings. The Labute approximate surface area is 168 Å². The number of likely N-dealkylation sites (tertiary alicyclic amines) is 1. The first kappa shape index (κ1) is 19.3. The number of carbonyl (C=O) groups is 1. The minimum absolute atomic E-state index is 0.00464. The van der Waals surface area contributed by atoms with E-state index in [9.17, 15) is 9.18 Å². The molecule has 4 rings (SSSR count). The summed E-state index contributed by atoms with van der Waals surface area (Å²) >= 11 is 0. The van der Waals surface area contributed by atoms with E-state index in [0.29, 0.717) is 23.8 Å². The number of hydrogen-bond donors (Lipinski definition) is 1. The van der Waals surface area contributed by atoms with Crippen molar-refractivity contribution in [3.05, 3.63) is 65.8 Å². The SMILES string of the molecule is Cc1ccc(NC(=O)C2CCN(Cc3nc(-c4ccc(F)cc4)no3)CC2)cc1. The molecule has 0 radical (unpaired) electrons. The summed E-state index contributed by atoms with van der Waals surface area (Å²) in [4.78, 5) is 19.1. The summed E-state index contributed by atoms with van der Waals surface area (Å²) in [5.41, 5.74) is 2.72. The molecule has 0 atom stereocenters. The van der Waals surface area contributed by atoms with Crippen molar-refractivity contribution in [2.45, 2.75) is 26.3 Å². The highest BCUT2D eigenvalue weighted by atomic mass is 19.1. The number of halogens is 1. The molecule has 1 aliphatic rings. The molecule has 2 aromatic carbocycles. The Balaban J connectivity index is 1.28. The molecule has 1 amide bonds. The highest BCUT2D eigenvalue weighted by Crippen LogP contribution is 2.22. The average Bonchev–Trinajstić information content (AvgIpc) is 3.19. The molecule has 2 heterocycles. The molecular formula is C22H23FN4O2. The number of piperidine rings is 1. The van der Waals surface area contributed by atoms with Crippen molar-refractivity contribution in [3.63, 3.8) is 0 Å². The Hall–Kier alpha value is -3.06. The quantitative estimate of drug-likeness (QED) is 0.707. The third-order valence-electron chi connectivity index (χ3n) is 5.21. The fraction of sp³-hybridized carbons (Fsp3) is 0.318. The largest absolute Gasteiger partial charge is 0.338 e. The fourth-order valence-electron chi connectivity index (χ4n) is 3.46. The molecule has 0 saturated carbocycles. The predicted octanol–water partition coefficient (Wildman–Crippen LogP) is 4.03. The standard InChI is InChI=1S/C22H23FN4O2/c1-15-2-8-19(9-3-15)24-22(28)17-10-12-27(13-11-17)14-20-25-21(26-29-20)16-4-6-18(23)7-5-16/h2-9,17H,10-14H2,1H3,(H,24,28). The van der Waals surface area contributed by atoms with Crippen LogP contribution in [0.1, 0.15) is 24.3 Å². The zero-order chi connectivity index (χ0) is 20.2. The number of anilines is 1. The van der Waals surface area contributed by atoms with Gasteiger partial charge in [0.15, 0.2) is 0 Å². The van der Waals surface area contributed by atoms with Gasteiger partial charge < -0.3 is 9.84 Å². The van der Waals surface area contributed by atoms with Gasteiger partial charge in [-0.05, 0) is 69.3 Å². The first-order valence-electron chi connectivity index (χ1n) is 9.75. The molecule has 0 aliphatic carbocycles. The molecule has 150 valence electrons. The van der Waals surface area contributed by atoms with Crippen molar-refractivity contribution in [3.8, 4) is 11.4 Å². The van der Waals surface area contributed by atoms with Crippen LogP contribution in [-0.2, 0) is 11.3 Å². The normalized spacial score (nSPS) is 15.4. The lowest BCUT2D eigenvalue weighted by Crippen LogP contribution is -2.37. The summed E-state index contributed by atoms with van der Waals surface area (Å²) in [6.07, 6.45) is 1.58. The summed E-state index contributed by atoms with van der Waals surface area (Å²) in [6, 6.07) is 13.8. The van der Waals surface area contributed by atoms with E-state index in [2.05, 4.69) is 20.4 Å². The average molecular weight is 394 g/mol. The van der Waals surface area contributed by atoms with Crippen LogP contribution in [0.15, 0.2) is 53.1 Å². The van der Waals surface area contributed by atoms with Gasteiger partial charge in [0.25, 0.3) is 0 Å². The topological polar surface area (TPSA) is 71.3 Å². The van der Waals surface area contributed by atoms with Crippen LogP contribution in [0.4, 0.5) is 10.1 Å². The van der Waals surface area contributed by atoms with Crippen LogP contribution in [0.25, 0.3) is 11.4 Å². The number of benzene rings is 2. The number of aromatic nitrogens is 2. The maximum absolute atomic E-state index is 13.0. The highest BCUT2D eigenvalue weighted by Gasteiger charge is 2.26. The molecular weight excluding hydrogens is 371 g/mol. The first-order chi connectivity index (χ1) is 14.1. The second kappa shape index (κ2) is 8.53. The van der Waals surface area contributed by atoms with Crippen LogP contribution in [0, 0.1) is 18.7 Å². The molecule has 1 saturated heterocycles. The van der Waals surface area contributed by atoms with E-state index in [1.165, 1.54) is 17.7 Å². The first-order valence-corrected chi connectivity index (χ1v) is 9.75. The minimum atomic E-state index is -0.299. The van der Waals surface area contributed by atoms with Gasteiger partial charge in [0.05, 0.1) is 6.54 Å². The Kier molecular flexibility index (Phi) is 5.67. The van der Waals surface area contributed by atoms with E-state index < -0.39 is 0 Å². The lowest BCUT2D eigenvalue weighted by molar-refractivity contribution is -0.121. The van der Waals surface area contributed by atoms with Gasteiger partial charge in [-0.2, -0.15) is 4.98 Å². The van der Waals surface area contributed by atoms with Gasteiger partial charge in [-0.15, -0.1) is 0 Å². The van der Waals surface area contributed by atoms with Gasteiger partial charge in [0, 0.05) is 17.2 Å². The van der Waals surface area contributed by atoms with E-state index in [-0.39, 0.29) is 17.6 Å². The third kappa shape index (κ3) is 4.86. The number of rotatable bonds is 5. The lowest BCUT2D eigenvalue weighted by Gasteiger charge is -2.30. The molecule has 6 nitrogen and oxygen atoms in total. The molecule has 3 aromatic rings. The van der Waals surface area contributed by atoms with E-state index in [1.54, 1.807) is 12.1 Å². The lowest BCUT2D eigenvalue weighted by atomic mass is 9.96. The van der Waals surface area contributed by atoms with Gasteiger partial charge in [-0.25, -0.2) is 4.39 Å². The molecule has 0 bridgehead atoms. The van der Waals surface area contributed by atoms with E-state index >= 15 is 0 Å². The third-order valence-corrected chi connectivity index (χ3v) is 5.21. The molecule has 1 aliphatic heterocycles. The van der Waals surface area contributed by atoms with Gasteiger partial charge in [0.2, 0.25) is 17.6 Å². The van der Waals surface area contributed by atoms with E-state index in [4.69, 9.17) is 4.52 Å². The summed E-state index contributed by atoms with van der Waals surface area (Å²) in [7, 11) is 0. The number of hydrogen-bond acceptors (Lipinski definition) is 5. The Morgan fingerprint density at radius 1 is 1.14 bits per heavy atom. The van der Waals surface area contributed by atoms with Crippen molar-refractivity contribution in [2.24, 2.45) is 5.92 Å². The monoisotopic (exact) mass is 394 g/mol. The molecule has 7 heteroatoms. The van der Waals surface area contributed by atoms with Crippen LogP contribution in [0.2, 0.25) is 0 Å². The molecule has 0 spiro atoms. The number of carbonyl (C=O) groups excluding carboxylic acids is 1. The molecule has 0 unspecified atom stereocenters. The summed E-state index contributed by atoms with van der Waals surface area (Å²) in [6.45, 7) is 4.15. The molecule has 1 aromatic heterocycles. The van der Waals surface area contributed by atoms with Gasteiger partial charge >= 0.3 is 0 Å². The van der Waals surface area contributed by atoms with Crippen molar-refractivity contribution in [1.82, 2.24) is 15.0 Å². The van der Waals surface area contributed by atoms with Crippen molar-refractivity contribution in [1.29, 1.82) is 0 Å². The van der Waals surface area contributed by atoms with Crippen molar-refractivity contribution >= 4 is 11.6 Å². The number of amides is 1. The zero-order valence-corrected chi connectivity index (χ0v) is 16.3. The van der Waals surface area contributed by atoms with Crippen LogP contribution in [-0.4, -0.2) is 34.0 Å². The smallest absolute Gasteiger partial charge is 0.241 e. The van der Waals surface area contributed by atoms with Crippen LogP contribution in [0.3, 0.4) is 0 Å². The molecule has 1 N–H and O–H groups in total. The van der Waals surface area contributed by atoms with Gasteiger partial charge in [-0.1, -0.05) is 22.9 Å². The molecule has 29 heavy (non-hydrogen) atoms. The summed E-state index contributed by atoms with van der Waals surface area (Å²) < 4.78 is 18.4. The minimum Gasteiger partial charge on any atom is -0.338 e. The van der Waals surface area contributed by atoms with Gasteiger partial charge in [0.1, 0.15) is 5.82 Å². The predicted molar refractivity (Wildman–Crippen MR) is 108 cm³/mol. The Bertz CT molecular complexity index is 961. The van der Waals surface area contributed by atoms with Crippen molar-refractivity contribution in [2.75, 3.05) is 18.4 Å². The van der Waals surface area contributed by atoms with Gasteiger partial charge in [-0.3, -0.25) is 9.69 Å². The Morgan fingerprint density at radius 2 is 1.83 bits per heavy atom.